The first-order valence-electron chi connectivity index (χ1n) is 2.26. The monoisotopic (exact) mass is 131 g/mol. The number of allylic oxidation sites excluding steroid dienone is 1. The van der Waals surface area contributed by atoms with Gasteiger partial charge in [-0.05, 0) is 6.92 Å². The number of hydrogen-bond donors (Lipinski definition) is 2. The van der Waals surface area contributed by atoms with Crippen LogP contribution in [0.25, 0.3) is 0 Å². The van der Waals surface area contributed by atoms with Crippen LogP contribution in [0.4, 0.5) is 0 Å². The van der Waals surface area contributed by atoms with Gasteiger partial charge >= 0.3 is 0 Å². The molecule has 0 aliphatic heterocycles. The van der Waals surface area contributed by atoms with Crippen molar-refractivity contribution in [2.24, 2.45) is 0 Å². The molecule has 0 saturated heterocycles. The van der Waals surface area contributed by atoms with Crippen molar-refractivity contribution < 1.29 is 5.11 Å². The second-order valence-electron chi connectivity index (χ2n) is 1.40. The van der Waals surface area contributed by atoms with Crippen LogP contribution in [0.5, 0.6) is 0 Å². The third-order valence-electron chi connectivity index (χ3n) is 0.586. The fourth-order valence-corrected chi connectivity index (χ4v) is 0.432. The molecule has 0 aromatic heterocycles. The minimum atomic E-state index is 0.226. The van der Waals surface area contributed by atoms with E-state index in [4.69, 9.17) is 5.11 Å². The molecule has 3 heteroatoms. The fourth-order valence-electron chi connectivity index (χ4n) is 0.262. The molecule has 46 valence electrons. The zero-order chi connectivity index (χ0) is 6.57. The van der Waals surface area contributed by atoms with E-state index in [2.05, 4.69) is 17.5 Å². The normalized spacial score (nSPS) is 11.0. The lowest BCUT2D eigenvalue weighted by Crippen LogP contribution is -2.12. The number of aliphatic hydroxyl groups is 1. The molecule has 0 bridgehead atoms. The topological polar surface area (TPSA) is 32.3 Å². The summed E-state index contributed by atoms with van der Waals surface area (Å²) in [5.41, 5.74) is 0. The van der Waals surface area contributed by atoms with Crippen molar-refractivity contribution in [3.05, 3.63) is 11.8 Å². The maximum absolute atomic E-state index is 8.59. The molecule has 0 saturated carbocycles. The lowest BCUT2D eigenvalue weighted by molar-refractivity contribution is 0.415. The summed E-state index contributed by atoms with van der Waals surface area (Å²) in [4.78, 5) is 0.546. The minimum absolute atomic E-state index is 0.226. The van der Waals surface area contributed by atoms with Gasteiger partial charge in [-0.25, -0.2) is 0 Å². The molecule has 0 aromatic rings. The Morgan fingerprint density at radius 1 is 1.75 bits per heavy atom. The second kappa shape index (κ2) is 3.43. The fraction of sp³-hybridized carbons (Fsp3) is 0.400. The SMILES string of the molecule is CNC(=S)C=C(C)O. The number of nitrogens with one attached hydrogen (secondary N) is 1. The van der Waals surface area contributed by atoms with Crippen LogP contribution in [-0.2, 0) is 0 Å². The van der Waals surface area contributed by atoms with Gasteiger partial charge in [0.1, 0.15) is 4.99 Å². The molecular weight excluding hydrogens is 122 g/mol. The van der Waals surface area contributed by atoms with Gasteiger partial charge in [0.15, 0.2) is 0 Å². The van der Waals surface area contributed by atoms with E-state index in [0.717, 1.165) is 0 Å². The number of thiocarbonyl (C=S) groups is 1. The zero-order valence-corrected chi connectivity index (χ0v) is 5.75. The van der Waals surface area contributed by atoms with Crippen molar-refractivity contribution in [2.75, 3.05) is 7.05 Å². The van der Waals surface area contributed by atoms with Crippen LogP contribution >= 0.6 is 12.2 Å². The predicted octanol–water partition coefficient (Wildman–Crippen LogP) is 0.995. The molecule has 0 unspecified atom stereocenters. The maximum atomic E-state index is 8.59. The summed E-state index contributed by atoms with van der Waals surface area (Å²) in [6.45, 7) is 1.57. The van der Waals surface area contributed by atoms with Gasteiger partial charge in [0.2, 0.25) is 0 Å². The van der Waals surface area contributed by atoms with Crippen LogP contribution < -0.4 is 5.32 Å². The highest BCUT2D eigenvalue weighted by atomic mass is 32.1. The van der Waals surface area contributed by atoms with E-state index in [1.165, 1.54) is 6.08 Å². The predicted molar refractivity (Wildman–Crippen MR) is 38.0 cm³/mol. The summed E-state index contributed by atoms with van der Waals surface area (Å²) >= 11 is 4.68. The van der Waals surface area contributed by atoms with Gasteiger partial charge in [-0.2, -0.15) is 0 Å². The molecular formula is C5H9NOS. The summed E-state index contributed by atoms with van der Waals surface area (Å²) in [6.07, 6.45) is 1.48. The summed E-state index contributed by atoms with van der Waals surface area (Å²) in [6, 6.07) is 0. The molecule has 0 atom stereocenters. The Morgan fingerprint density at radius 3 is 2.38 bits per heavy atom. The van der Waals surface area contributed by atoms with Gasteiger partial charge < -0.3 is 10.4 Å². The average Bonchev–Trinajstić information content (AvgIpc) is 1.65. The van der Waals surface area contributed by atoms with Gasteiger partial charge in [0.25, 0.3) is 0 Å². The Hall–Kier alpha value is -0.570. The zero-order valence-electron chi connectivity index (χ0n) is 4.93. The molecule has 0 radical (unpaired) electrons. The molecule has 0 aliphatic carbocycles. The quantitative estimate of drug-likeness (QED) is 0.316. The van der Waals surface area contributed by atoms with E-state index >= 15 is 0 Å². The van der Waals surface area contributed by atoms with Crippen LogP contribution in [0.1, 0.15) is 6.92 Å². The summed E-state index contributed by atoms with van der Waals surface area (Å²) in [7, 11) is 1.71. The van der Waals surface area contributed by atoms with E-state index < -0.39 is 0 Å². The molecule has 0 rings (SSSR count). The van der Waals surface area contributed by atoms with Crippen LogP contribution in [0, 0.1) is 0 Å². The average molecular weight is 131 g/mol. The molecule has 0 spiro atoms. The third kappa shape index (κ3) is 3.61. The Labute approximate surface area is 54.2 Å². The first-order valence-corrected chi connectivity index (χ1v) is 2.66. The minimum Gasteiger partial charge on any atom is -0.513 e. The van der Waals surface area contributed by atoms with Gasteiger partial charge in [-0.3, -0.25) is 0 Å². The third-order valence-corrected chi connectivity index (χ3v) is 0.908. The highest BCUT2D eigenvalue weighted by molar-refractivity contribution is 7.80. The highest BCUT2D eigenvalue weighted by Gasteiger charge is 1.83. The Bertz CT molecular complexity index is 116. The molecule has 8 heavy (non-hydrogen) atoms. The van der Waals surface area contributed by atoms with Crippen LogP contribution in [0.15, 0.2) is 11.8 Å². The molecule has 2 N–H and O–H groups in total. The van der Waals surface area contributed by atoms with Crippen LogP contribution in [-0.4, -0.2) is 17.1 Å². The largest absolute Gasteiger partial charge is 0.513 e. The van der Waals surface area contributed by atoms with Crippen molar-refractivity contribution in [1.82, 2.24) is 5.32 Å². The van der Waals surface area contributed by atoms with Gasteiger partial charge in [0.05, 0.1) is 5.76 Å². The van der Waals surface area contributed by atoms with Gasteiger partial charge in [-0.1, -0.05) is 12.2 Å². The first kappa shape index (κ1) is 7.43. The summed E-state index contributed by atoms with van der Waals surface area (Å²) in [5.74, 6) is 0.226. The van der Waals surface area contributed by atoms with E-state index in [1.807, 2.05) is 0 Å². The van der Waals surface area contributed by atoms with E-state index in [-0.39, 0.29) is 5.76 Å². The summed E-state index contributed by atoms with van der Waals surface area (Å²) < 4.78 is 0. The van der Waals surface area contributed by atoms with E-state index in [9.17, 15) is 0 Å². The molecule has 2 nitrogen and oxygen atoms in total. The summed E-state index contributed by atoms with van der Waals surface area (Å²) in [5, 5.41) is 11.3. The van der Waals surface area contributed by atoms with Crippen LogP contribution in [0.2, 0.25) is 0 Å². The second-order valence-corrected chi connectivity index (χ2v) is 1.84. The first-order chi connectivity index (χ1) is 3.66. The number of rotatable bonds is 1. The van der Waals surface area contributed by atoms with E-state index in [1.54, 1.807) is 14.0 Å². The molecule has 0 amide bonds. The Morgan fingerprint density at radius 2 is 2.25 bits per heavy atom. The smallest absolute Gasteiger partial charge is 0.102 e. The van der Waals surface area contributed by atoms with Crippen molar-refractivity contribution in [3.8, 4) is 0 Å². The number of likely N-dealkylation sites (N-methyl/N-ethyl adjacent to an activating group) is 1. The van der Waals surface area contributed by atoms with E-state index in [0.29, 0.717) is 4.99 Å². The van der Waals surface area contributed by atoms with Crippen molar-refractivity contribution in [3.63, 3.8) is 0 Å². The molecule has 0 aromatic carbocycles. The van der Waals surface area contributed by atoms with Crippen molar-refractivity contribution in [2.45, 2.75) is 6.92 Å². The molecule has 0 heterocycles. The standard InChI is InChI=1S/C5H9NOS/c1-4(7)3-5(8)6-2/h3,7H,1-2H3,(H,6,8). The number of aliphatic hydroxyl groups excluding tert-OH is 1. The van der Waals surface area contributed by atoms with Crippen molar-refractivity contribution in [1.29, 1.82) is 0 Å². The highest BCUT2D eigenvalue weighted by Crippen LogP contribution is 1.83. The lowest BCUT2D eigenvalue weighted by Gasteiger charge is -1.92. The van der Waals surface area contributed by atoms with Gasteiger partial charge in [0, 0.05) is 13.1 Å². The Kier molecular flexibility index (Phi) is 3.19. The molecule has 0 aliphatic rings. The van der Waals surface area contributed by atoms with Crippen LogP contribution in [0.3, 0.4) is 0 Å². The maximum Gasteiger partial charge on any atom is 0.102 e. The number of hydrogen-bond acceptors (Lipinski definition) is 2. The molecule has 0 fully saturated rings. The lowest BCUT2D eigenvalue weighted by atomic mass is 10.5. The Balaban J connectivity index is 3.70. The van der Waals surface area contributed by atoms with Gasteiger partial charge in [-0.15, -0.1) is 0 Å². The van der Waals surface area contributed by atoms with Crippen molar-refractivity contribution >= 4 is 17.2 Å².